The first-order valence-corrected chi connectivity index (χ1v) is 3.43. The Kier molecular flexibility index (Phi) is 1.13. The molecule has 0 atom stereocenters. The molecule has 52 valence electrons. The van der Waals surface area contributed by atoms with Crippen LogP contribution in [0, 0.1) is 0 Å². The summed E-state index contributed by atoms with van der Waals surface area (Å²) in [5.74, 6) is 1.03. The molecule has 2 nitrogen and oxygen atoms in total. The van der Waals surface area contributed by atoms with E-state index in [-0.39, 0.29) is 12.4 Å². The van der Waals surface area contributed by atoms with Crippen molar-refractivity contribution in [3.8, 4) is 0 Å². The number of ketones is 1. The minimum atomic E-state index is 0.131. The fourth-order valence-electron chi connectivity index (χ4n) is 1.27. The minimum absolute atomic E-state index is 0.131. The van der Waals surface area contributed by atoms with Gasteiger partial charge in [-0.2, -0.15) is 0 Å². The van der Waals surface area contributed by atoms with Gasteiger partial charge in [0.1, 0.15) is 5.76 Å². The monoisotopic (exact) mass is 136 g/mol. The second kappa shape index (κ2) is 1.97. The van der Waals surface area contributed by atoms with E-state index in [2.05, 4.69) is 0 Å². The molecule has 0 N–H and O–H groups in total. The number of Topliss-reactive ketones (excluding diaryl/α,β-unsaturated/α-hetero) is 1. The molecule has 0 radical (unpaired) electrons. The number of allylic oxidation sites excluding steroid dienone is 3. The van der Waals surface area contributed by atoms with Crippen LogP contribution in [0.2, 0.25) is 0 Å². The Bertz CT molecular complexity index is 232. The zero-order valence-electron chi connectivity index (χ0n) is 5.59. The summed E-state index contributed by atoms with van der Waals surface area (Å²) in [6.07, 6.45) is 5.79. The third kappa shape index (κ3) is 0.685. The third-order valence-electron chi connectivity index (χ3n) is 1.80. The van der Waals surface area contributed by atoms with Gasteiger partial charge >= 0.3 is 0 Å². The predicted molar refractivity (Wildman–Crippen MR) is 36.4 cm³/mol. The van der Waals surface area contributed by atoms with Gasteiger partial charge in [-0.05, 0) is 6.42 Å². The molecule has 10 heavy (non-hydrogen) atoms. The van der Waals surface area contributed by atoms with Crippen molar-refractivity contribution in [2.45, 2.75) is 12.8 Å². The molecule has 0 aromatic rings. The quantitative estimate of drug-likeness (QED) is 0.500. The first kappa shape index (κ1) is 5.71. The normalized spacial score (nSPS) is 23.0. The van der Waals surface area contributed by atoms with Gasteiger partial charge in [-0.15, -0.1) is 0 Å². The Morgan fingerprint density at radius 3 is 3.20 bits per heavy atom. The van der Waals surface area contributed by atoms with Crippen molar-refractivity contribution in [2.24, 2.45) is 0 Å². The van der Waals surface area contributed by atoms with Gasteiger partial charge < -0.3 is 4.74 Å². The highest BCUT2D eigenvalue weighted by atomic mass is 16.5. The van der Waals surface area contributed by atoms with Crippen molar-refractivity contribution in [3.63, 3.8) is 0 Å². The summed E-state index contributed by atoms with van der Waals surface area (Å²) in [5, 5.41) is 0. The minimum Gasteiger partial charge on any atom is -0.489 e. The summed E-state index contributed by atoms with van der Waals surface area (Å²) in [6, 6.07) is 0. The highest BCUT2D eigenvalue weighted by Crippen LogP contribution is 2.25. The summed E-state index contributed by atoms with van der Waals surface area (Å²) in [6.45, 7) is 0.259. The number of rotatable bonds is 0. The third-order valence-corrected chi connectivity index (χ3v) is 1.80. The van der Waals surface area contributed by atoms with E-state index in [1.165, 1.54) is 0 Å². The van der Waals surface area contributed by atoms with E-state index >= 15 is 0 Å². The van der Waals surface area contributed by atoms with Gasteiger partial charge in [0.05, 0.1) is 5.57 Å². The van der Waals surface area contributed by atoms with Crippen molar-refractivity contribution in [1.82, 2.24) is 0 Å². The van der Waals surface area contributed by atoms with Crippen LogP contribution >= 0.6 is 0 Å². The molecule has 2 aliphatic rings. The maximum Gasteiger partial charge on any atom is 0.203 e. The molecule has 0 aromatic carbocycles. The largest absolute Gasteiger partial charge is 0.489 e. The second-order valence-electron chi connectivity index (χ2n) is 2.49. The van der Waals surface area contributed by atoms with Gasteiger partial charge in [-0.3, -0.25) is 4.79 Å². The van der Waals surface area contributed by atoms with Gasteiger partial charge in [-0.1, -0.05) is 12.2 Å². The van der Waals surface area contributed by atoms with Crippen LogP contribution in [0.15, 0.2) is 23.5 Å². The van der Waals surface area contributed by atoms with Crippen molar-refractivity contribution in [1.29, 1.82) is 0 Å². The lowest BCUT2D eigenvalue weighted by atomic mass is 10.0. The van der Waals surface area contributed by atoms with Gasteiger partial charge in [0.25, 0.3) is 0 Å². The summed E-state index contributed by atoms with van der Waals surface area (Å²) in [4.78, 5) is 11.0. The van der Waals surface area contributed by atoms with E-state index < -0.39 is 0 Å². The molecule has 0 saturated heterocycles. The van der Waals surface area contributed by atoms with E-state index in [1.807, 2.05) is 12.2 Å². The molecule has 2 rings (SSSR count). The van der Waals surface area contributed by atoms with Crippen molar-refractivity contribution in [3.05, 3.63) is 23.5 Å². The molecular weight excluding hydrogens is 128 g/mol. The smallest absolute Gasteiger partial charge is 0.203 e. The fourth-order valence-corrected chi connectivity index (χ4v) is 1.27. The highest BCUT2D eigenvalue weighted by Gasteiger charge is 2.23. The molecule has 0 saturated carbocycles. The highest BCUT2D eigenvalue weighted by molar-refractivity contribution is 6.01. The maximum absolute atomic E-state index is 11.0. The van der Waals surface area contributed by atoms with Crippen LogP contribution in [0.3, 0.4) is 0 Å². The molecule has 2 heteroatoms. The van der Waals surface area contributed by atoms with Crippen molar-refractivity contribution >= 4 is 5.78 Å². The lowest BCUT2D eigenvalue weighted by Crippen LogP contribution is -1.99. The summed E-state index contributed by atoms with van der Waals surface area (Å²) >= 11 is 0. The van der Waals surface area contributed by atoms with Crippen LogP contribution in [-0.4, -0.2) is 12.4 Å². The Labute approximate surface area is 59.2 Å². The summed E-state index contributed by atoms with van der Waals surface area (Å²) in [7, 11) is 0. The van der Waals surface area contributed by atoms with Gasteiger partial charge in [0.2, 0.25) is 5.78 Å². The van der Waals surface area contributed by atoms with E-state index in [4.69, 9.17) is 4.74 Å². The molecular formula is C8H8O2. The topological polar surface area (TPSA) is 26.3 Å². The average Bonchev–Trinajstić information content (AvgIpc) is 2.34. The lowest BCUT2D eigenvalue weighted by molar-refractivity contribution is -0.116. The molecule has 0 amide bonds. The van der Waals surface area contributed by atoms with Crippen molar-refractivity contribution < 1.29 is 9.53 Å². The first-order valence-electron chi connectivity index (χ1n) is 3.43. The molecule has 0 aromatic heterocycles. The molecule has 0 unspecified atom stereocenters. The average molecular weight is 136 g/mol. The number of carbonyl (C=O) groups excluding carboxylic acids is 1. The Balaban J connectivity index is 2.38. The van der Waals surface area contributed by atoms with Gasteiger partial charge in [0, 0.05) is 6.42 Å². The summed E-state index contributed by atoms with van der Waals surface area (Å²) < 4.78 is 5.15. The maximum atomic E-state index is 11.0. The van der Waals surface area contributed by atoms with E-state index in [0.29, 0.717) is 0 Å². The van der Waals surface area contributed by atoms with Crippen LogP contribution in [0.1, 0.15) is 12.8 Å². The zero-order chi connectivity index (χ0) is 6.97. The van der Waals surface area contributed by atoms with Gasteiger partial charge in [0.15, 0.2) is 6.61 Å². The van der Waals surface area contributed by atoms with Crippen molar-refractivity contribution in [2.75, 3.05) is 6.61 Å². The van der Waals surface area contributed by atoms with Crippen LogP contribution in [-0.2, 0) is 9.53 Å². The van der Waals surface area contributed by atoms with E-state index in [9.17, 15) is 4.79 Å². The number of carbonyl (C=O) groups is 1. The molecule has 1 heterocycles. The molecule has 0 spiro atoms. The first-order chi connectivity index (χ1) is 4.88. The SMILES string of the molecule is O=C1COC2=C1C=CCC2. The number of hydrogen-bond donors (Lipinski definition) is 0. The van der Waals surface area contributed by atoms with Crippen LogP contribution in [0.5, 0.6) is 0 Å². The number of hydrogen-bond acceptors (Lipinski definition) is 2. The van der Waals surface area contributed by atoms with E-state index in [1.54, 1.807) is 0 Å². The number of ether oxygens (including phenoxy) is 1. The van der Waals surface area contributed by atoms with Crippen LogP contribution in [0.25, 0.3) is 0 Å². The molecule has 1 aliphatic heterocycles. The van der Waals surface area contributed by atoms with E-state index in [0.717, 1.165) is 24.2 Å². The van der Waals surface area contributed by atoms with Crippen LogP contribution in [0.4, 0.5) is 0 Å². The molecule has 0 fully saturated rings. The van der Waals surface area contributed by atoms with Gasteiger partial charge in [-0.25, -0.2) is 0 Å². The standard InChI is InChI=1S/C8H8O2/c9-7-5-10-8-4-2-1-3-6(7)8/h1,3H,2,4-5H2. The zero-order valence-corrected chi connectivity index (χ0v) is 5.59. The fraction of sp³-hybridized carbons (Fsp3) is 0.375. The molecule has 1 aliphatic carbocycles. The van der Waals surface area contributed by atoms with Crippen LogP contribution < -0.4 is 0 Å². The Hall–Kier alpha value is -1.05. The Morgan fingerprint density at radius 2 is 2.40 bits per heavy atom. The lowest BCUT2D eigenvalue weighted by Gasteiger charge is -2.04. The second-order valence-corrected chi connectivity index (χ2v) is 2.49. The summed E-state index contributed by atoms with van der Waals surface area (Å²) in [5.41, 5.74) is 0.797. The predicted octanol–water partition coefficient (Wildman–Crippen LogP) is 1.19. The molecule has 0 bridgehead atoms. The Morgan fingerprint density at radius 1 is 1.50 bits per heavy atom.